The summed E-state index contributed by atoms with van der Waals surface area (Å²) in [6, 6.07) is 3.23. The van der Waals surface area contributed by atoms with Crippen molar-refractivity contribution in [3.8, 4) is 0 Å². The predicted molar refractivity (Wildman–Crippen MR) is 119 cm³/mol. The molecule has 1 aliphatic carbocycles. The highest BCUT2D eigenvalue weighted by Gasteiger charge is 2.43. The van der Waals surface area contributed by atoms with Gasteiger partial charge in [0.2, 0.25) is 0 Å². The van der Waals surface area contributed by atoms with E-state index in [9.17, 15) is 14.3 Å². The molecule has 7 nitrogen and oxygen atoms in total. The largest absolute Gasteiger partial charge is 0.466 e. The molecular weight excluding hydrogens is 455 g/mol. The Labute approximate surface area is 193 Å². The van der Waals surface area contributed by atoms with Crippen molar-refractivity contribution in [3.63, 3.8) is 0 Å². The van der Waals surface area contributed by atoms with Gasteiger partial charge in [0.1, 0.15) is 18.1 Å². The predicted octanol–water partition coefficient (Wildman–Crippen LogP) is 3.26. The van der Waals surface area contributed by atoms with E-state index in [-0.39, 0.29) is 17.0 Å². The number of nitrogens with one attached hydrogen (secondary N) is 1. The first-order chi connectivity index (χ1) is 15.5. The van der Waals surface area contributed by atoms with Gasteiger partial charge >= 0.3 is 5.97 Å². The molecule has 3 heterocycles. The lowest BCUT2D eigenvalue weighted by Crippen LogP contribution is -2.42. The van der Waals surface area contributed by atoms with Gasteiger partial charge in [-0.25, -0.2) is 14.2 Å². The lowest BCUT2D eigenvalue weighted by Gasteiger charge is -2.31. The van der Waals surface area contributed by atoms with E-state index in [2.05, 4.69) is 10.3 Å². The number of hydrogen-bond acceptors (Lipinski definition) is 8. The monoisotopic (exact) mass is 476 g/mol. The molecule has 1 unspecified atom stereocenters. The molecule has 3 atom stereocenters. The molecule has 1 aromatic carbocycles. The summed E-state index contributed by atoms with van der Waals surface area (Å²) in [5.41, 5.74) is 1.64. The van der Waals surface area contributed by atoms with Gasteiger partial charge in [-0.3, -0.25) is 10.3 Å². The number of amidine groups is 1. The van der Waals surface area contributed by atoms with E-state index < -0.39 is 24.1 Å². The van der Waals surface area contributed by atoms with E-state index in [0.717, 1.165) is 18.5 Å². The van der Waals surface area contributed by atoms with Gasteiger partial charge in [-0.15, -0.1) is 11.3 Å². The molecule has 2 fully saturated rings. The van der Waals surface area contributed by atoms with Crippen LogP contribution in [0.2, 0.25) is 5.02 Å². The van der Waals surface area contributed by atoms with Crippen molar-refractivity contribution in [1.29, 1.82) is 0 Å². The van der Waals surface area contributed by atoms with Gasteiger partial charge in [-0.2, -0.15) is 0 Å². The van der Waals surface area contributed by atoms with Crippen molar-refractivity contribution in [1.82, 2.24) is 15.2 Å². The van der Waals surface area contributed by atoms with Crippen LogP contribution in [0.25, 0.3) is 0 Å². The first-order valence-corrected chi connectivity index (χ1v) is 11.7. The van der Waals surface area contributed by atoms with E-state index in [1.54, 1.807) is 12.3 Å². The summed E-state index contributed by atoms with van der Waals surface area (Å²) in [7, 11) is 1.32. The molecule has 2 aliphatic heterocycles. The van der Waals surface area contributed by atoms with Gasteiger partial charge in [-0.05, 0) is 30.9 Å². The number of aliphatic hydroxyl groups is 1. The quantitative estimate of drug-likeness (QED) is 0.491. The molecule has 0 radical (unpaired) electrons. The second-order valence-corrected chi connectivity index (χ2v) is 9.47. The Morgan fingerprint density at radius 1 is 1.44 bits per heavy atom. The van der Waals surface area contributed by atoms with Crippen molar-refractivity contribution in [2.45, 2.75) is 37.6 Å². The fourth-order valence-electron chi connectivity index (χ4n) is 4.32. The number of aliphatic imine (C=N–C) groups is 1. The third-order valence-electron chi connectivity index (χ3n) is 6.02. The Bertz CT molecular complexity index is 1100. The minimum absolute atomic E-state index is 0.0761. The number of aromatic nitrogens is 1. The zero-order valence-electron chi connectivity index (χ0n) is 17.3. The number of thiazole rings is 1. The van der Waals surface area contributed by atoms with Gasteiger partial charge in [-0.1, -0.05) is 17.7 Å². The summed E-state index contributed by atoms with van der Waals surface area (Å²) >= 11 is 7.82. The summed E-state index contributed by atoms with van der Waals surface area (Å²) in [4.78, 5) is 24.2. The van der Waals surface area contributed by atoms with Crippen LogP contribution in [0.4, 0.5) is 4.39 Å². The molecule has 0 spiro atoms. The minimum atomic E-state index is -0.757. The third-order valence-corrected chi connectivity index (χ3v) is 7.12. The van der Waals surface area contributed by atoms with Gasteiger partial charge < -0.3 is 14.7 Å². The normalized spacial score (nSPS) is 23.8. The summed E-state index contributed by atoms with van der Waals surface area (Å²) in [6.07, 6.45) is 3.65. The van der Waals surface area contributed by atoms with Crippen LogP contribution in [-0.2, 0) is 9.53 Å². The van der Waals surface area contributed by atoms with Gasteiger partial charge in [0.25, 0.3) is 0 Å². The molecule has 0 bridgehead atoms. The van der Waals surface area contributed by atoms with Gasteiger partial charge in [0.15, 0.2) is 10.8 Å². The number of aliphatic hydroxyl groups excluding tert-OH is 1. The zero-order chi connectivity index (χ0) is 22.4. The smallest absolute Gasteiger partial charge is 0.338 e. The summed E-state index contributed by atoms with van der Waals surface area (Å²) in [5.74, 6) is -0.0784. The number of carbonyl (C=O) groups excluding carboxylic acids is 1. The van der Waals surface area contributed by atoms with Crippen LogP contribution in [0, 0.1) is 11.7 Å². The number of ether oxygens (including phenoxy) is 1. The standard InChI is InChI=1S/C22H22ClFN4O3S/c1-31-22(30)17-16-9-13(26-20(29)11-2-3-11)10-28(16)19(21-25-6-7-32-21)27-18(17)14-5-4-12(24)8-15(14)23/h4-8,11,13,18,20,26,29H,2-3,9-10H2,1H3/t13-,18-,20?/m0/s1. The number of methoxy groups -OCH3 is 1. The summed E-state index contributed by atoms with van der Waals surface area (Å²) in [5, 5.41) is 16.5. The molecule has 1 saturated carbocycles. The molecule has 168 valence electrons. The number of nitrogens with zero attached hydrogens (tertiary/aromatic N) is 3. The fourth-order valence-corrected chi connectivity index (χ4v) is 5.23. The van der Waals surface area contributed by atoms with Crippen LogP contribution >= 0.6 is 22.9 Å². The minimum Gasteiger partial charge on any atom is -0.466 e. The van der Waals surface area contributed by atoms with E-state index in [4.69, 9.17) is 21.3 Å². The molecular formula is C22H22ClFN4O3S. The molecule has 2 N–H and O–H groups in total. The van der Waals surface area contributed by atoms with Crippen LogP contribution in [-0.4, -0.2) is 52.7 Å². The number of carbonyl (C=O) groups is 1. The van der Waals surface area contributed by atoms with E-state index in [1.165, 1.54) is 30.6 Å². The number of benzene rings is 1. The maximum Gasteiger partial charge on any atom is 0.338 e. The number of rotatable bonds is 6. The average Bonchev–Trinajstić information content (AvgIpc) is 3.32. The van der Waals surface area contributed by atoms with Crippen molar-refractivity contribution in [2.24, 2.45) is 10.9 Å². The van der Waals surface area contributed by atoms with Gasteiger partial charge in [0, 0.05) is 46.9 Å². The molecule has 32 heavy (non-hydrogen) atoms. The topological polar surface area (TPSA) is 87.0 Å². The molecule has 1 saturated heterocycles. The van der Waals surface area contributed by atoms with Crippen molar-refractivity contribution < 1.29 is 19.0 Å². The zero-order valence-corrected chi connectivity index (χ0v) is 18.9. The maximum absolute atomic E-state index is 13.7. The third kappa shape index (κ3) is 3.94. The van der Waals surface area contributed by atoms with Crippen LogP contribution in [0.1, 0.15) is 35.9 Å². The molecule has 2 aromatic rings. The number of fused-ring (bicyclic) bond motifs is 1. The summed E-state index contributed by atoms with van der Waals surface area (Å²) < 4.78 is 18.8. The molecule has 10 heteroatoms. The molecule has 5 rings (SSSR count). The van der Waals surface area contributed by atoms with Crippen molar-refractivity contribution in [2.75, 3.05) is 13.7 Å². The SMILES string of the molecule is COC(=O)C1=C2C[C@H](NC(O)C3CC3)CN2C(c2nccs2)=N[C@H]1c1ccc(F)cc1Cl. The first-order valence-electron chi connectivity index (χ1n) is 10.4. The van der Waals surface area contributed by atoms with Gasteiger partial charge in [0.05, 0.1) is 12.7 Å². The highest BCUT2D eigenvalue weighted by Crippen LogP contribution is 2.43. The Kier molecular flexibility index (Phi) is 5.75. The number of esters is 1. The fraction of sp³-hybridized carbons (Fsp3) is 0.409. The van der Waals surface area contributed by atoms with Crippen LogP contribution in [0.5, 0.6) is 0 Å². The lowest BCUT2D eigenvalue weighted by molar-refractivity contribution is -0.136. The Morgan fingerprint density at radius 2 is 2.25 bits per heavy atom. The highest BCUT2D eigenvalue weighted by molar-refractivity contribution is 7.11. The number of halogens is 2. The maximum atomic E-state index is 13.7. The second-order valence-electron chi connectivity index (χ2n) is 8.17. The van der Waals surface area contributed by atoms with Crippen molar-refractivity contribution >= 4 is 34.7 Å². The summed E-state index contributed by atoms with van der Waals surface area (Å²) in [6.45, 7) is 0.530. The van der Waals surface area contributed by atoms with Crippen molar-refractivity contribution in [3.05, 3.63) is 62.5 Å². The molecule has 3 aliphatic rings. The van der Waals surface area contributed by atoms with E-state index in [1.807, 2.05) is 10.3 Å². The second kappa shape index (κ2) is 8.55. The Balaban J connectivity index is 1.60. The molecule has 1 aromatic heterocycles. The van der Waals surface area contributed by atoms with E-state index in [0.29, 0.717) is 34.9 Å². The van der Waals surface area contributed by atoms with Crippen LogP contribution in [0.3, 0.4) is 0 Å². The first kappa shape index (κ1) is 21.5. The molecule has 0 amide bonds. The van der Waals surface area contributed by atoms with E-state index >= 15 is 0 Å². The van der Waals surface area contributed by atoms with Crippen LogP contribution in [0.15, 0.2) is 46.0 Å². The van der Waals surface area contributed by atoms with Crippen LogP contribution < -0.4 is 5.32 Å². The lowest BCUT2D eigenvalue weighted by atomic mass is 9.94. The average molecular weight is 477 g/mol. The Morgan fingerprint density at radius 3 is 2.91 bits per heavy atom. The highest BCUT2D eigenvalue weighted by atomic mass is 35.5. The Hall–Kier alpha value is -2.33. The number of hydrogen-bond donors (Lipinski definition) is 2.